The maximum Gasteiger partial charge on any atom is 0.159 e. The van der Waals surface area contributed by atoms with E-state index in [9.17, 15) is 5.11 Å². The van der Waals surface area contributed by atoms with Gasteiger partial charge in [0.1, 0.15) is 22.7 Å². The van der Waals surface area contributed by atoms with E-state index < -0.39 is 0 Å². The number of nitrogens with one attached hydrogen (secondary N) is 4. The van der Waals surface area contributed by atoms with E-state index in [2.05, 4.69) is 70.1 Å². The zero-order chi connectivity index (χ0) is 23.7. The van der Waals surface area contributed by atoms with Gasteiger partial charge in [0.2, 0.25) is 0 Å². The molecule has 5 N–H and O–H groups in total. The Morgan fingerprint density at radius 2 is 1.44 bits per heavy atom. The molecule has 9 nitrogen and oxygen atoms in total. The average Bonchev–Trinajstić information content (AvgIpc) is 3.63. The molecule has 0 unspecified atom stereocenters. The molecule has 0 saturated carbocycles. The summed E-state index contributed by atoms with van der Waals surface area (Å²) in [6.07, 6.45) is 1.84. The minimum atomic E-state index is 0.177. The quantitative estimate of drug-likeness (QED) is 0.210. The molecule has 0 radical (unpaired) electrons. The summed E-state index contributed by atoms with van der Waals surface area (Å²) in [4.78, 5) is 15.3. The second-order valence-corrected chi connectivity index (χ2v) is 8.69. The summed E-state index contributed by atoms with van der Waals surface area (Å²) in [6, 6.07) is 15.2. The SMILES string of the molecule is CCc1cc(-c2nc3c(O)cccc3[nH]2)n[nH]1.CCc1cc(-c2nc3ccc(Br)cc3[nH]2)n[nH]1. The number of hydrogen-bond donors (Lipinski definition) is 5. The number of phenols is 1. The molecule has 34 heavy (non-hydrogen) atoms. The van der Waals surface area contributed by atoms with Crippen molar-refractivity contribution in [2.45, 2.75) is 26.7 Å². The lowest BCUT2D eigenvalue weighted by Crippen LogP contribution is -1.79. The van der Waals surface area contributed by atoms with E-state index in [-0.39, 0.29) is 5.75 Å². The number of aryl methyl sites for hydroxylation is 2. The van der Waals surface area contributed by atoms with Crippen LogP contribution in [0.15, 0.2) is 53.0 Å². The van der Waals surface area contributed by atoms with E-state index in [4.69, 9.17) is 0 Å². The van der Waals surface area contributed by atoms with Crippen molar-refractivity contribution in [3.63, 3.8) is 0 Å². The predicted molar refractivity (Wildman–Crippen MR) is 135 cm³/mol. The fourth-order valence-electron chi connectivity index (χ4n) is 3.57. The van der Waals surface area contributed by atoms with Crippen LogP contribution < -0.4 is 0 Å². The highest BCUT2D eigenvalue weighted by Gasteiger charge is 2.11. The Hall–Kier alpha value is -3.92. The number of aromatic nitrogens is 8. The molecule has 0 aliphatic rings. The van der Waals surface area contributed by atoms with Crippen LogP contribution in [0.1, 0.15) is 25.2 Å². The number of halogens is 1. The third-order valence-electron chi connectivity index (χ3n) is 5.44. The van der Waals surface area contributed by atoms with Crippen LogP contribution in [0.4, 0.5) is 0 Å². The molecule has 4 aromatic heterocycles. The summed E-state index contributed by atoms with van der Waals surface area (Å²) in [5.74, 6) is 1.64. The van der Waals surface area contributed by atoms with Crippen molar-refractivity contribution >= 4 is 38.0 Å². The van der Waals surface area contributed by atoms with Gasteiger partial charge < -0.3 is 15.1 Å². The van der Waals surface area contributed by atoms with E-state index in [0.717, 1.165) is 62.5 Å². The standard InChI is InChI=1S/C12H11BrN4.C12H12N4O/c1-2-8-6-11(17-16-8)12-14-9-4-3-7(13)5-10(9)15-12;1-2-7-6-9(16-15-7)12-13-8-4-3-5-10(17)11(8)14-12/h3-6H,2H2,1H3,(H,14,15)(H,16,17);3-6,17H,2H2,1H3,(H,13,14)(H,15,16). The summed E-state index contributed by atoms with van der Waals surface area (Å²) in [7, 11) is 0. The number of H-pyrrole nitrogens is 4. The lowest BCUT2D eigenvalue weighted by molar-refractivity contribution is 0.480. The summed E-state index contributed by atoms with van der Waals surface area (Å²) in [6.45, 7) is 4.15. The molecular weight excluding hydrogens is 496 g/mol. The van der Waals surface area contributed by atoms with E-state index in [1.807, 2.05) is 36.4 Å². The van der Waals surface area contributed by atoms with Crippen molar-refractivity contribution in [1.82, 2.24) is 40.3 Å². The lowest BCUT2D eigenvalue weighted by Gasteiger charge is -1.89. The third-order valence-corrected chi connectivity index (χ3v) is 5.94. The molecule has 10 heteroatoms. The Morgan fingerprint density at radius 3 is 2.06 bits per heavy atom. The Morgan fingerprint density at radius 1 is 0.794 bits per heavy atom. The van der Waals surface area contributed by atoms with Gasteiger partial charge in [-0.3, -0.25) is 10.2 Å². The van der Waals surface area contributed by atoms with Gasteiger partial charge in [0.15, 0.2) is 11.6 Å². The van der Waals surface area contributed by atoms with Crippen molar-refractivity contribution in [2.24, 2.45) is 0 Å². The number of nitrogens with zero attached hydrogens (tertiary/aromatic N) is 4. The topological polar surface area (TPSA) is 135 Å². The summed E-state index contributed by atoms with van der Waals surface area (Å²) in [5, 5.41) is 24.0. The van der Waals surface area contributed by atoms with Crippen LogP contribution in [0, 0.1) is 0 Å². The molecule has 0 bridgehead atoms. The van der Waals surface area contributed by atoms with E-state index in [1.54, 1.807) is 12.1 Å². The molecule has 0 amide bonds. The van der Waals surface area contributed by atoms with Crippen LogP contribution >= 0.6 is 15.9 Å². The zero-order valence-electron chi connectivity index (χ0n) is 18.6. The highest BCUT2D eigenvalue weighted by Crippen LogP contribution is 2.26. The molecule has 0 aliphatic carbocycles. The van der Waals surface area contributed by atoms with Gasteiger partial charge in [-0.15, -0.1) is 0 Å². The molecule has 0 fully saturated rings. The van der Waals surface area contributed by atoms with Crippen LogP contribution in [-0.2, 0) is 12.8 Å². The number of aromatic hydroxyl groups is 1. The Balaban J connectivity index is 0.000000142. The predicted octanol–water partition coefficient (Wildman–Crippen LogP) is 5.50. The summed E-state index contributed by atoms with van der Waals surface area (Å²) in [5.41, 5.74) is 7.13. The van der Waals surface area contributed by atoms with Crippen molar-refractivity contribution in [2.75, 3.05) is 0 Å². The first-order valence-electron chi connectivity index (χ1n) is 11.0. The normalized spacial score (nSPS) is 11.1. The molecule has 0 spiro atoms. The maximum absolute atomic E-state index is 9.67. The van der Waals surface area contributed by atoms with Gasteiger partial charge in [-0.2, -0.15) is 10.2 Å². The highest BCUT2D eigenvalue weighted by atomic mass is 79.9. The van der Waals surface area contributed by atoms with Gasteiger partial charge in [-0.05, 0) is 55.3 Å². The lowest BCUT2D eigenvalue weighted by atomic mass is 10.3. The van der Waals surface area contributed by atoms with Gasteiger partial charge in [-0.1, -0.05) is 35.8 Å². The molecule has 6 aromatic rings. The van der Waals surface area contributed by atoms with Gasteiger partial charge in [-0.25, -0.2) is 9.97 Å². The molecule has 172 valence electrons. The first kappa shape index (κ1) is 21.9. The van der Waals surface area contributed by atoms with E-state index in [1.165, 1.54) is 0 Å². The van der Waals surface area contributed by atoms with E-state index >= 15 is 0 Å². The smallest absolute Gasteiger partial charge is 0.159 e. The second-order valence-electron chi connectivity index (χ2n) is 7.77. The second kappa shape index (κ2) is 9.14. The minimum absolute atomic E-state index is 0.177. The first-order valence-corrected chi connectivity index (χ1v) is 11.8. The number of hydrogen-bond acceptors (Lipinski definition) is 5. The van der Waals surface area contributed by atoms with Gasteiger partial charge in [0, 0.05) is 15.9 Å². The maximum atomic E-state index is 9.67. The van der Waals surface area contributed by atoms with Gasteiger partial charge >= 0.3 is 0 Å². The summed E-state index contributed by atoms with van der Waals surface area (Å²) < 4.78 is 1.04. The summed E-state index contributed by atoms with van der Waals surface area (Å²) >= 11 is 3.44. The number of benzene rings is 2. The van der Waals surface area contributed by atoms with Crippen LogP contribution in [0.5, 0.6) is 5.75 Å². The third kappa shape index (κ3) is 4.32. The molecule has 0 aliphatic heterocycles. The number of phenolic OH excluding ortho intramolecular Hbond substituents is 1. The Kier molecular flexibility index (Phi) is 5.89. The molecular formula is C24H23BrN8O. The molecule has 2 aromatic carbocycles. The Labute approximate surface area is 203 Å². The van der Waals surface area contributed by atoms with Gasteiger partial charge in [0.05, 0.1) is 16.6 Å². The van der Waals surface area contributed by atoms with Gasteiger partial charge in [0.25, 0.3) is 0 Å². The number of imidazole rings is 2. The first-order chi connectivity index (χ1) is 16.5. The zero-order valence-corrected chi connectivity index (χ0v) is 20.2. The van der Waals surface area contributed by atoms with E-state index in [0.29, 0.717) is 11.3 Å². The van der Waals surface area contributed by atoms with Crippen LogP contribution in [-0.4, -0.2) is 45.4 Å². The van der Waals surface area contributed by atoms with Crippen LogP contribution in [0.25, 0.3) is 45.1 Å². The van der Waals surface area contributed by atoms with Crippen molar-refractivity contribution in [3.05, 3.63) is 64.4 Å². The number of aromatic amines is 4. The Bertz CT molecular complexity index is 1570. The number of para-hydroxylation sites is 1. The van der Waals surface area contributed by atoms with Crippen molar-refractivity contribution < 1.29 is 5.11 Å². The fourth-order valence-corrected chi connectivity index (χ4v) is 3.93. The molecule has 0 saturated heterocycles. The number of fused-ring (bicyclic) bond motifs is 2. The molecule has 4 heterocycles. The number of rotatable bonds is 4. The molecule has 6 rings (SSSR count). The van der Waals surface area contributed by atoms with Crippen LogP contribution in [0.2, 0.25) is 0 Å². The average molecular weight is 519 g/mol. The van der Waals surface area contributed by atoms with Crippen LogP contribution in [0.3, 0.4) is 0 Å². The van der Waals surface area contributed by atoms with Crippen molar-refractivity contribution in [1.29, 1.82) is 0 Å². The monoisotopic (exact) mass is 518 g/mol. The molecule has 0 atom stereocenters. The minimum Gasteiger partial charge on any atom is -0.506 e. The fraction of sp³-hybridized carbons (Fsp3) is 0.167. The highest BCUT2D eigenvalue weighted by molar-refractivity contribution is 9.10. The van der Waals surface area contributed by atoms with Crippen molar-refractivity contribution in [3.8, 4) is 28.8 Å². The largest absolute Gasteiger partial charge is 0.506 e.